The number of aliphatic hydroxyl groups is 1. The molecule has 0 radical (unpaired) electrons. The van der Waals surface area contributed by atoms with Gasteiger partial charge in [-0.2, -0.15) is 5.10 Å². The lowest BCUT2D eigenvalue weighted by Crippen LogP contribution is -2.29. The molecule has 0 atom stereocenters. The van der Waals surface area contributed by atoms with Gasteiger partial charge in [-0.15, -0.1) is 0 Å². The Kier molecular flexibility index (Phi) is 5.48. The second-order valence-corrected chi connectivity index (χ2v) is 4.30. The molecule has 6 nitrogen and oxygen atoms in total. The van der Waals surface area contributed by atoms with Gasteiger partial charge in [-0.05, 0) is 12.3 Å². The molecule has 0 unspecified atom stereocenters. The molecule has 96 valence electrons. The van der Waals surface area contributed by atoms with Crippen molar-refractivity contribution in [2.24, 2.45) is 5.92 Å². The standard InChI is InChI=1S/C11H20N4O2/c1-9(2)7-15-8-10(6-13-15)14-11(17)12-4-3-5-16/h6,8-9,16H,3-5,7H2,1-2H3,(H2,12,14,17). The molecule has 17 heavy (non-hydrogen) atoms. The number of hydrogen-bond acceptors (Lipinski definition) is 3. The third-order valence-corrected chi connectivity index (χ3v) is 2.06. The summed E-state index contributed by atoms with van der Waals surface area (Å²) >= 11 is 0. The molecule has 0 spiro atoms. The summed E-state index contributed by atoms with van der Waals surface area (Å²) in [7, 11) is 0. The van der Waals surface area contributed by atoms with Crippen LogP contribution in [0.2, 0.25) is 0 Å². The highest BCUT2D eigenvalue weighted by atomic mass is 16.3. The van der Waals surface area contributed by atoms with E-state index in [-0.39, 0.29) is 12.6 Å². The summed E-state index contributed by atoms with van der Waals surface area (Å²) in [6.45, 7) is 5.58. The largest absolute Gasteiger partial charge is 0.396 e. The predicted molar refractivity (Wildman–Crippen MR) is 65.8 cm³/mol. The van der Waals surface area contributed by atoms with Gasteiger partial charge < -0.3 is 15.7 Å². The van der Waals surface area contributed by atoms with Gasteiger partial charge >= 0.3 is 6.03 Å². The van der Waals surface area contributed by atoms with Gasteiger partial charge in [0.2, 0.25) is 0 Å². The summed E-state index contributed by atoms with van der Waals surface area (Å²) < 4.78 is 1.80. The molecule has 1 rings (SSSR count). The number of rotatable bonds is 6. The first-order valence-corrected chi connectivity index (χ1v) is 5.80. The molecule has 0 aliphatic carbocycles. The van der Waals surface area contributed by atoms with E-state index >= 15 is 0 Å². The molecule has 0 aliphatic rings. The number of amides is 2. The lowest BCUT2D eigenvalue weighted by molar-refractivity contribution is 0.249. The quantitative estimate of drug-likeness (QED) is 0.650. The fraction of sp³-hybridized carbons (Fsp3) is 0.636. The minimum absolute atomic E-state index is 0.0760. The summed E-state index contributed by atoms with van der Waals surface area (Å²) in [5.41, 5.74) is 0.673. The van der Waals surface area contributed by atoms with Gasteiger partial charge in [0.15, 0.2) is 0 Å². The third-order valence-electron chi connectivity index (χ3n) is 2.06. The van der Waals surface area contributed by atoms with Gasteiger partial charge in [0.25, 0.3) is 0 Å². The Morgan fingerprint density at radius 2 is 2.35 bits per heavy atom. The van der Waals surface area contributed by atoms with Gasteiger partial charge in [0, 0.05) is 25.9 Å². The van der Waals surface area contributed by atoms with Gasteiger partial charge in [-0.1, -0.05) is 13.8 Å². The lowest BCUT2D eigenvalue weighted by Gasteiger charge is -2.05. The smallest absolute Gasteiger partial charge is 0.319 e. The van der Waals surface area contributed by atoms with E-state index in [9.17, 15) is 4.79 Å². The van der Waals surface area contributed by atoms with E-state index < -0.39 is 0 Å². The molecule has 0 saturated carbocycles. The Bertz CT molecular complexity index is 349. The van der Waals surface area contributed by atoms with E-state index in [1.165, 1.54) is 0 Å². The first-order chi connectivity index (χ1) is 8.11. The SMILES string of the molecule is CC(C)Cn1cc(NC(=O)NCCCO)cn1. The van der Waals surface area contributed by atoms with Crippen LogP contribution in [0, 0.1) is 5.92 Å². The van der Waals surface area contributed by atoms with Crippen molar-refractivity contribution in [2.45, 2.75) is 26.8 Å². The van der Waals surface area contributed by atoms with Crippen molar-refractivity contribution < 1.29 is 9.90 Å². The van der Waals surface area contributed by atoms with Crippen LogP contribution in [0.1, 0.15) is 20.3 Å². The van der Waals surface area contributed by atoms with Crippen LogP contribution < -0.4 is 10.6 Å². The molecular formula is C11H20N4O2. The molecule has 0 saturated heterocycles. The number of nitrogens with zero attached hydrogens (tertiary/aromatic N) is 2. The molecular weight excluding hydrogens is 220 g/mol. The van der Waals surface area contributed by atoms with Crippen LogP contribution in [0.5, 0.6) is 0 Å². The number of carbonyl (C=O) groups excluding carboxylic acids is 1. The summed E-state index contributed by atoms with van der Waals surface area (Å²) in [6.07, 6.45) is 3.97. The van der Waals surface area contributed by atoms with E-state index in [1.807, 2.05) is 0 Å². The lowest BCUT2D eigenvalue weighted by atomic mass is 10.2. The number of aliphatic hydroxyl groups excluding tert-OH is 1. The molecule has 1 aromatic heterocycles. The average Bonchev–Trinajstić information content (AvgIpc) is 2.64. The second-order valence-electron chi connectivity index (χ2n) is 4.30. The zero-order chi connectivity index (χ0) is 12.7. The molecule has 0 fully saturated rings. The Balaban J connectivity index is 2.35. The van der Waals surface area contributed by atoms with Crippen LogP contribution in [0.3, 0.4) is 0 Å². The number of nitrogens with one attached hydrogen (secondary N) is 2. The molecule has 0 aliphatic heterocycles. The van der Waals surface area contributed by atoms with E-state index in [2.05, 4.69) is 29.6 Å². The third kappa shape index (κ3) is 5.35. The fourth-order valence-corrected chi connectivity index (χ4v) is 1.36. The summed E-state index contributed by atoms with van der Waals surface area (Å²) in [4.78, 5) is 11.4. The van der Waals surface area contributed by atoms with Crippen molar-refractivity contribution in [2.75, 3.05) is 18.5 Å². The maximum Gasteiger partial charge on any atom is 0.319 e. The van der Waals surface area contributed by atoms with Crippen LogP contribution in [0.15, 0.2) is 12.4 Å². The zero-order valence-corrected chi connectivity index (χ0v) is 10.3. The highest BCUT2D eigenvalue weighted by Crippen LogP contribution is 2.06. The van der Waals surface area contributed by atoms with Crippen LogP contribution in [0.25, 0.3) is 0 Å². The Morgan fingerprint density at radius 1 is 1.59 bits per heavy atom. The van der Waals surface area contributed by atoms with E-state index in [0.717, 1.165) is 6.54 Å². The molecule has 2 amide bonds. The van der Waals surface area contributed by atoms with Gasteiger partial charge in [-0.3, -0.25) is 4.68 Å². The second kappa shape index (κ2) is 6.90. The monoisotopic (exact) mass is 240 g/mol. The summed E-state index contributed by atoms with van der Waals surface area (Å²) in [5, 5.41) is 18.0. The first-order valence-electron chi connectivity index (χ1n) is 5.80. The molecule has 0 bridgehead atoms. The van der Waals surface area contributed by atoms with Crippen molar-refractivity contribution in [1.29, 1.82) is 0 Å². The van der Waals surface area contributed by atoms with Crippen LogP contribution in [-0.4, -0.2) is 34.1 Å². The van der Waals surface area contributed by atoms with Crippen molar-refractivity contribution in [3.8, 4) is 0 Å². The molecule has 3 N–H and O–H groups in total. The van der Waals surface area contributed by atoms with Crippen LogP contribution >= 0.6 is 0 Å². The Morgan fingerprint density at radius 3 is 3.00 bits per heavy atom. The summed E-state index contributed by atoms with van der Waals surface area (Å²) in [6, 6.07) is -0.275. The van der Waals surface area contributed by atoms with Gasteiger partial charge in [-0.25, -0.2) is 4.79 Å². The number of aromatic nitrogens is 2. The van der Waals surface area contributed by atoms with Crippen LogP contribution in [0.4, 0.5) is 10.5 Å². The maximum absolute atomic E-state index is 11.4. The molecule has 1 aromatic rings. The first kappa shape index (κ1) is 13.5. The number of urea groups is 1. The Hall–Kier alpha value is -1.56. The number of anilines is 1. The number of hydrogen-bond donors (Lipinski definition) is 3. The van der Waals surface area contributed by atoms with Gasteiger partial charge in [0.05, 0.1) is 11.9 Å². The Labute approximate surface area is 101 Å². The highest BCUT2D eigenvalue weighted by Gasteiger charge is 2.04. The van der Waals surface area contributed by atoms with Crippen molar-refractivity contribution >= 4 is 11.7 Å². The van der Waals surface area contributed by atoms with Crippen molar-refractivity contribution in [1.82, 2.24) is 15.1 Å². The molecule has 1 heterocycles. The van der Waals surface area contributed by atoms with Crippen molar-refractivity contribution in [3.05, 3.63) is 12.4 Å². The predicted octanol–water partition coefficient (Wildman–Crippen LogP) is 1.04. The topological polar surface area (TPSA) is 79.2 Å². The maximum atomic E-state index is 11.4. The number of carbonyl (C=O) groups is 1. The van der Waals surface area contributed by atoms with Gasteiger partial charge in [0.1, 0.15) is 0 Å². The highest BCUT2D eigenvalue weighted by molar-refractivity contribution is 5.88. The average molecular weight is 240 g/mol. The van der Waals surface area contributed by atoms with E-state index in [4.69, 9.17) is 5.11 Å². The van der Waals surface area contributed by atoms with E-state index in [1.54, 1.807) is 17.1 Å². The summed E-state index contributed by atoms with van der Waals surface area (Å²) in [5.74, 6) is 0.515. The minimum Gasteiger partial charge on any atom is -0.396 e. The minimum atomic E-state index is -0.275. The zero-order valence-electron chi connectivity index (χ0n) is 10.3. The molecule has 0 aromatic carbocycles. The van der Waals surface area contributed by atoms with E-state index in [0.29, 0.717) is 24.6 Å². The molecule has 6 heteroatoms. The fourth-order valence-electron chi connectivity index (χ4n) is 1.36. The van der Waals surface area contributed by atoms with Crippen molar-refractivity contribution in [3.63, 3.8) is 0 Å². The normalized spacial score (nSPS) is 10.6. The van der Waals surface area contributed by atoms with Crippen LogP contribution in [-0.2, 0) is 6.54 Å².